The molecule has 0 bridgehead atoms. The lowest BCUT2D eigenvalue weighted by Crippen LogP contribution is -2.33. The third-order valence-electron chi connectivity index (χ3n) is 3.83. The number of thiophene rings is 1. The van der Waals surface area contributed by atoms with Gasteiger partial charge in [0.1, 0.15) is 0 Å². The van der Waals surface area contributed by atoms with E-state index in [-0.39, 0.29) is 12.5 Å². The van der Waals surface area contributed by atoms with Gasteiger partial charge in [-0.1, -0.05) is 0 Å². The van der Waals surface area contributed by atoms with E-state index in [9.17, 15) is 9.90 Å². The fourth-order valence-corrected chi connectivity index (χ4v) is 3.47. The zero-order valence-electron chi connectivity index (χ0n) is 12.1. The van der Waals surface area contributed by atoms with Gasteiger partial charge in [-0.25, -0.2) is 0 Å². The number of rotatable bonds is 7. The van der Waals surface area contributed by atoms with Gasteiger partial charge in [-0.2, -0.15) is 0 Å². The number of aliphatic hydroxyl groups is 1. The molecule has 0 aromatic carbocycles. The Kier molecular flexibility index (Phi) is 6.01. The van der Waals surface area contributed by atoms with Crippen LogP contribution in [0, 0.1) is 6.92 Å². The standard InChI is InChI=1S/C15H24N2O2S/c1-12-6-7-14(20-12)15(19)16-8-2-3-9-17-10-4-5-13(17)11-18/h6-7,13,18H,2-5,8-11H2,1H3,(H,16,19). The van der Waals surface area contributed by atoms with Crippen molar-refractivity contribution in [2.24, 2.45) is 0 Å². The van der Waals surface area contributed by atoms with Gasteiger partial charge in [-0.3, -0.25) is 9.69 Å². The lowest BCUT2D eigenvalue weighted by Gasteiger charge is -2.22. The van der Waals surface area contributed by atoms with Crippen LogP contribution in [0.2, 0.25) is 0 Å². The molecule has 2 N–H and O–H groups in total. The van der Waals surface area contributed by atoms with Gasteiger partial charge in [0.25, 0.3) is 5.91 Å². The highest BCUT2D eigenvalue weighted by atomic mass is 32.1. The number of carbonyl (C=O) groups excluding carboxylic acids is 1. The summed E-state index contributed by atoms with van der Waals surface area (Å²) in [7, 11) is 0. The first kappa shape index (κ1) is 15.5. The molecule has 0 spiro atoms. The van der Waals surface area contributed by atoms with Gasteiger partial charge in [0.15, 0.2) is 0 Å². The van der Waals surface area contributed by atoms with E-state index >= 15 is 0 Å². The molecule has 2 heterocycles. The van der Waals surface area contributed by atoms with Gasteiger partial charge in [0.05, 0.1) is 11.5 Å². The van der Waals surface area contributed by atoms with Crippen molar-refractivity contribution < 1.29 is 9.90 Å². The molecule has 1 unspecified atom stereocenters. The van der Waals surface area contributed by atoms with Crippen LogP contribution in [0.15, 0.2) is 12.1 Å². The van der Waals surface area contributed by atoms with Crippen molar-refractivity contribution in [2.45, 2.75) is 38.6 Å². The van der Waals surface area contributed by atoms with E-state index in [1.165, 1.54) is 22.6 Å². The van der Waals surface area contributed by atoms with E-state index in [4.69, 9.17) is 0 Å². The second-order valence-corrected chi connectivity index (χ2v) is 6.68. The number of unbranched alkanes of at least 4 members (excludes halogenated alkanes) is 1. The van der Waals surface area contributed by atoms with Crippen LogP contribution in [0.25, 0.3) is 0 Å². The third kappa shape index (κ3) is 4.30. The average Bonchev–Trinajstić information content (AvgIpc) is 3.06. The SMILES string of the molecule is Cc1ccc(C(=O)NCCCCN2CCCC2CO)s1. The van der Waals surface area contributed by atoms with Crippen LogP contribution in [0.3, 0.4) is 0 Å². The first-order chi connectivity index (χ1) is 9.70. The van der Waals surface area contributed by atoms with Crippen molar-refractivity contribution in [3.8, 4) is 0 Å². The predicted molar refractivity (Wildman–Crippen MR) is 82.3 cm³/mol. The molecule has 0 saturated carbocycles. The maximum atomic E-state index is 11.8. The smallest absolute Gasteiger partial charge is 0.261 e. The van der Waals surface area contributed by atoms with E-state index < -0.39 is 0 Å². The van der Waals surface area contributed by atoms with Crippen molar-refractivity contribution in [1.29, 1.82) is 0 Å². The summed E-state index contributed by atoms with van der Waals surface area (Å²) in [6.45, 7) is 5.14. The van der Waals surface area contributed by atoms with Crippen molar-refractivity contribution >= 4 is 17.2 Å². The molecule has 1 amide bonds. The predicted octanol–water partition coefficient (Wildman–Crippen LogP) is 2.02. The Morgan fingerprint density at radius 2 is 2.35 bits per heavy atom. The first-order valence-electron chi connectivity index (χ1n) is 7.40. The molecule has 112 valence electrons. The third-order valence-corrected chi connectivity index (χ3v) is 4.83. The molecule has 5 heteroatoms. The fraction of sp³-hybridized carbons (Fsp3) is 0.667. The average molecular weight is 296 g/mol. The molecular weight excluding hydrogens is 272 g/mol. The Labute approximate surface area is 124 Å². The number of aliphatic hydroxyl groups excluding tert-OH is 1. The molecular formula is C15H24N2O2S. The van der Waals surface area contributed by atoms with Gasteiger partial charge in [0, 0.05) is 17.5 Å². The summed E-state index contributed by atoms with van der Waals surface area (Å²) >= 11 is 1.54. The van der Waals surface area contributed by atoms with Crippen LogP contribution in [-0.2, 0) is 0 Å². The van der Waals surface area contributed by atoms with Gasteiger partial charge in [0.2, 0.25) is 0 Å². The van der Waals surface area contributed by atoms with Crippen LogP contribution in [0.4, 0.5) is 0 Å². The highest BCUT2D eigenvalue weighted by molar-refractivity contribution is 7.13. The second kappa shape index (κ2) is 7.76. The Morgan fingerprint density at radius 1 is 1.50 bits per heavy atom. The summed E-state index contributed by atoms with van der Waals surface area (Å²) in [5.41, 5.74) is 0. The van der Waals surface area contributed by atoms with Crippen LogP contribution in [-0.4, -0.2) is 48.2 Å². The molecule has 1 atom stereocenters. The van der Waals surface area contributed by atoms with E-state index in [1.54, 1.807) is 0 Å². The lowest BCUT2D eigenvalue weighted by atomic mass is 10.2. The highest BCUT2D eigenvalue weighted by Crippen LogP contribution is 2.17. The van der Waals surface area contributed by atoms with Gasteiger partial charge >= 0.3 is 0 Å². The van der Waals surface area contributed by atoms with Crippen molar-refractivity contribution in [2.75, 3.05) is 26.2 Å². The van der Waals surface area contributed by atoms with Gasteiger partial charge in [-0.05, 0) is 57.8 Å². The molecule has 0 aliphatic carbocycles. The molecule has 1 aliphatic rings. The Balaban J connectivity index is 1.58. The van der Waals surface area contributed by atoms with E-state index in [0.29, 0.717) is 6.04 Å². The Hall–Kier alpha value is -0.910. The summed E-state index contributed by atoms with van der Waals surface area (Å²) in [6, 6.07) is 4.21. The normalized spacial score (nSPS) is 19.4. The fourth-order valence-electron chi connectivity index (χ4n) is 2.68. The molecule has 1 aromatic heterocycles. The van der Waals surface area contributed by atoms with Crippen molar-refractivity contribution in [3.63, 3.8) is 0 Å². The van der Waals surface area contributed by atoms with Crippen molar-refractivity contribution in [1.82, 2.24) is 10.2 Å². The number of nitrogens with one attached hydrogen (secondary N) is 1. The lowest BCUT2D eigenvalue weighted by molar-refractivity contribution is 0.0956. The minimum Gasteiger partial charge on any atom is -0.395 e. The maximum Gasteiger partial charge on any atom is 0.261 e. The number of nitrogens with zero attached hydrogens (tertiary/aromatic N) is 1. The van der Waals surface area contributed by atoms with Crippen LogP contribution in [0.1, 0.15) is 40.2 Å². The summed E-state index contributed by atoms with van der Waals surface area (Å²) in [6.07, 6.45) is 4.37. The molecule has 2 rings (SSSR count). The van der Waals surface area contributed by atoms with Crippen molar-refractivity contribution in [3.05, 3.63) is 21.9 Å². The summed E-state index contributed by atoms with van der Waals surface area (Å²) in [5, 5.41) is 12.2. The molecule has 20 heavy (non-hydrogen) atoms. The summed E-state index contributed by atoms with van der Waals surface area (Å²) in [4.78, 5) is 16.2. The molecule has 1 saturated heterocycles. The molecule has 1 aromatic rings. The Bertz CT molecular complexity index is 433. The van der Waals surface area contributed by atoms with E-state index in [1.807, 2.05) is 19.1 Å². The number of aryl methyl sites for hydroxylation is 1. The number of amides is 1. The van der Waals surface area contributed by atoms with E-state index in [0.717, 1.165) is 43.8 Å². The molecule has 4 nitrogen and oxygen atoms in total. The highest BCUT2D eigenvalue weighted by Gasteiger charge is 2.22. The quantitative estimate of drug-likeness (QED) is 0.757. The van der Waals surface area contributed by atoms with E-state index in [2.05, 4.69) is 10.2 Å². The van der Waals surface area contributed by atoms with Crippen LogP contribution >= 0.6 is 11.3 Å². The molecule has 1 aliphatic heterocycles. The molecule has 1 fully saturated rings. The van der Waals surface area contributed by atoms with Gasteiger partial charge in [-0.15, -0.1) is 11.3 Å². The maximum absolute atomic E-state index is 11.8. The topological polar surface area (TPSA) is 52.6 Å². The van der Waals surface area contributed by atoms with Crippen LogP contribution < -0.4 is 5.32 Å². The number of hydrogen-bond donors (Lipinski definition) is 2. The molecule has 0 radical (unpaired) electrons. The number of carbonyl (C=O) groups is 1. The number of likely N-dealkylation sites (tertiary alicyclic amines) is 1. The summed E-state index contributed by atoms with van der Waals surface area (Å²) < 4.78 is 0. The van der Waals surface area contributed by atoms with Gasteiger partial charge < -0.3 is 10.4 Å². The second-order valence-electron chi connectivity index (χ2n) is 5.39. The summed E-state index contributed by atoms with van der Waals surface area (Å²) in [5.74, 6) is 0.0394. The minimum absolute atomic E-state index is 0.0394. The Morgan fingerprint density at radius 3 is 3.05 bits per heavy atom. The first-order valence-corrected chi connectivity index (χ1v) is 8.22. The zero-order valence-corrected chi connectivity index (χ0v) is 12.9. The zero-order chi connectivity index (χ0) is 14.4. The van der Waals surface area contributed by atoms with Crippen LogP contribution in [0.5, 0.6) is 0 Å². The largest absolute Gasteiger partial charge is 0.395 e. The monoisotopic (exact) mass is 296 g/mol. The number of hydrogen-bond acceptors (Lipinski definition) is 4. The minimum atomic E-state index is 0.0394.